The fraction of sp³-hybridized carbons (Fsp3) is 0.280. The second-order valence-corrected chi connectivity index (χ2v) is 8.04. The molecule has 1 aliphatic rings. The number of carbonyl (C=O) groups is 1. The third kappa shape index (κ3) is 5.85. The SMILES string of the molecule is COc1cncc(NC(=O)N2CCC(=Cc3cccc(Oc4ccc(C)cn4)c3)C(C)C2)n1. The first-order valence-electron chi connectivity index (χ1n) is 10.8. The molecule has 0 spiro atoms. The molecule has 2 amide bonds. The van der Waals surface area contributed by atoms with Gasteiger partial charge in [-0.05, 0) is 42.5 Å². The molecule has 2 aromatic heterocycles. The maximum Gasteiger partial charge on any atom is 0.323 e. The first-order chi connectivity index (χ1) is 16.0. The van der Waals surface area contributed by atoms with Crippen LogP contribution in [-0.2, 0) is 0 Å². The molecule has 3 heterocycles. The van der Waals surface area contributed by atoms with Crippen LogP contribution in [0.2, 0.25) is 0 Å². The molecular weight excluding hydrogens is 418 g/mol. The molecule has 3 aromatic rings. The van der Waals surface area contributed by atoms with Crippen molar-refractivity contribution in [3.8, 4) is 17.5 Å². The summed E-state index contributed by atoms with van der Waals surface area (Å²) in [4.78, 5) is 27.0. The van der Waals surface area contributed by atoms with E-state index in [0.717, 1.165) is 23.3 Å². The van der Waals surface area contributed by atoms with Crippen LogP contribution in [-0.4, -0.2) is 46.1 Å². The van der Waals surface area contributed by atoms with Crippen LogP contribution in [0.15, 0.2) is 60.6 Å². The van der Waals surface area contributed by atoms with Crippen molar-refractivity contribution in [3.05, 3.63) is 71.7 Å². The van der Waals surface area contributed by atoms with E-state index in [1.165, 1.54) is 25.1 Å². The Balaban J connectivity index is 1.38. The zero-order valence-corrected chi connectivity index (χ0v) is 19.0. The lowest BCUT2D eigenvalue weighted by molar-refractivity contribution is 0.197. The first-order valence-corrected chi connectivity index (χ1v) is 10.8. The number of urea groups is 1. The number of aryl methyl sites for hydroxylation is 1. The number of ether oxygens (including phenoxy) is 2. The van der Waals surface area contributed by atoms with Gasteiger partial charge in [0.1, 0.15) is 5.75 Å². The number of aromatic nitrogens is 3. The van der Waals surface area contributed by atoms with Crippen molar-refractivity contribution in [1.82, 2.24) is 19.9 Å². The minimum atomic E-state index is -0.190. The summed E-state index contributed by atoms with van der Waals surface area (Å²) < 4.78 is 10.9. The minimum absolute atomic E-state index is 0.190. The number of rotatable bonds is 5. The van der Waals surface area contributed by atoms with Crippen molar-refractivity contribution >= 4 is 17.9 Å². The summed E-state index contributed by atoms with van der Waals surface area (Å²) >= 11 is 0. The Morgan fingerprint density at radius 2 is 2.06 bits per heavy atom. The fourth-order valence-corrected chi connectivity index (χ4v) is 3.66. The molecule has 33 heavy (non-hydrogen) atoms. The lowest BCUT2D eigenvalue weighted by Crippen LogP contribution is -2.42. The second kappa shape index (κ2) is 10.1. The highest BCUT2D eigenvalue weighted by molar-refractivity contribution is 5.88. The van der Waals surface area contributed by atoms with E-state index >= 15 is 0 Å². The lowest BCUT2D eigenvalue weighted by Gasteiger charge is -2.33. The Kier molecular flexibility index (Phi) is 6.83. The second-order valence-electron chi connectivity index (χ2n) is 8.04. The van der Waals surface area contributed by atoms with E-state index < -0.39 is 0 Å². The summed E-state index contributed by atoms with van der Waals surface area (Å²) in [7, 11) is 1.51. The van der Waals surface area contributed by atoms with Gasteiger partial charge in [0.25, 0.3) is 0 Å². The number of methoxy groups -OCH3 is 1. The van der Waals surface area contributed by atoms with E-state index in [9.17, 15) is 4.79 Å². The number of benzene rings is 1. The van der Waals surface area contributed by atoms with Crippen LogP contribution in [0.4, 0.5) is 10.6 Å². The Labute approximate surface area is 193 Å². The number of carbonyl (C=O) groups excluding carboxylic acids is 1. The standard InChI is InChI=1S/C25H27N5O3/c1-17-7-8-23(27-13-17)33-21-6-4-5-19(12-21)11-20-9-10-30(16-18(20)2)25(31)29-22-14-26-15-24(28-22)32-3/h4-8,11-15,18H,9-10,16H2,1-3H3,(H,28,29,31). The Morgan fingerprint density at radius 3 is 2.82 bits per heavy atom. The van der Waals surface area contributed by atoms with Crippen LogP contribution >= 0.6 is 0 Å². The van der Waals surface area contributed by atoms with Gasteiger partial charge in [-0.25, -0.2) is 9.78 Å². The van der Waals surface area contributed by atoms with Gasteiger partial charge < -0.3 is 14.4 Å². The number of pyridine rings is 1. The van der Waals surface area contributed by atoms with Crippen LogP contribution in [0.1, 0.15) is 24.5 Å². The van der Waals surface area contributed by atoms with Crippen LogP contribution in [0, 0.1) is 12.8 Å². The minimum Gasteiger partial charge on any atom is -0.480 e. The van der Waals surface area contributed by atoms with Gasteiger partial charge in [0.15, 0.2) is 5.82 Å². The van der Waals surface area contributed by atoms with Crippen LogP contribution in [0.5, 0.6) is 17.5 Å². The van der Waals surface area contributed by atoms with Crippen molar-refractivity contribution in [3.63, 3.8) is 0 Å². The number of hydrogen-bond donors (Lipinski definition) is 1. The van der Waals surface area contributed by atoms with E-state index in [-0.39, 0.29) is 11.9 Å². The molecule has 1 atom stereocenters. The van der Waals surface area contributed by atoms with Crippen molar-refractivity contribution in [2.75, 3.05) is 25.5 Å². The van der Waals surface area contributed by atoms with Gasteiger partial charge in [-0.1, -0.05) is 36.8 Å². The summed E-state index contributed by atoms with van der Waals surface area (Å²) in [5.41, 5.74) is 3.45. The van der Waals surface area contributed by atoms with Gasteiger partial charge in [-0.15, -0.1) is 0 Å². The predicted molar refractivity (Wildman–Crippen MR) is 126 cm³/mol. The maximum atomic E-state index is 12.7. The number of hydrogen-bond acceptors (Lipinski definition) is 6. The molecule has 1 N–H and O–H groups in total. The maximum absolute atomic E-state index is 12.7. The average molecular weight is 446 g/mol. The third-order valence-electron chi connectivity index (χ3n) is 5.46. The molecule has 0 saturated carbocycles. The van der Waals surface area contributed by atoms with Crippen LogP contribution in [0.3, 0.4) is 0 Å². The fourth-order valence-electron chi connectivity index (χ4n) is 3.66. The van der Waals surface area contributed by atoms with Gasteiger partial charge in [0.05, 0.1) is 19.5 Å². The van der Waals surface area contributed by atoms with Gasteiger partial charge >= 0.3 is 6.03 Å². The quantitative estimate of drug-likeness (QED) is 0.598. The molecule has 1 saturated heterocycles. The lowest BCUT2D eigenvalue weighted by atomic mass is 9.91. The highest BCUT2D eigenvalue weighted by Gasteiger charge is 2.24. The molecule has 1 fully saturated rings. The Hall–Kier alpha value is -3.94. The van der Waals surface area contributed by atoms with Gasteiger partial charge in [0, 0.05) is 25.4 Å². The summed E-state index contributed by atoms with van der Waals surface area (Å²) in [6.45, 7) is 5.38. The molecule has 0 aliphatic carbocycles. The van der Waals surface area contributed by atoms with Crippen LogP contribution in [0.25, 0.3) is 6.08 Å². The van der Waals surface area contributed by atoms with Crippen molar-refractivity contribution in [2.45, 2.75) is 20.3 Å². The molecule has 170 valence electrons. The molecule has 0 radical (unpaired) electrons. The molecule has 1 aromatic carbocycles. The largest absolute Gasteiger partial charge is 0.480 e. The van der Waals surface area contributed by atoms with E-state index in [1.807, 2.05) is 37.3 Å². The number of likely N-dealkylation sites (tertiary alicyclic amines) is 1. The van der Waals surface area contributed by atoms with Crippen molar-refractivity contribution in [2.24, 2.45) is 5.92 Å². The van der Waals surface area contributed by atoms with Gasteiger partial charge in [0.2, 0.25) is 11.8 Å². The molecule has 1 aliphatic heterocycles. The summed E-state index contributed by atoms with van der Waals surface area (Å²) in [6, 6.07) is 11.6. The van der Waals surface area contributed by atoms with Gasteiger partial charge in [-0.3, -0.25) is 10.3 Å². The zero-order valence-electron chi connectivity index (χ0n) is 19.0. The molecular formula is C25H27N5O3. The Morgan fingerprint density at radius 1 is 1.18 bits per heavy atom. The smallest absolute Gasteiger partial charge is 0.323 e. The van der Waals surface area contributed by atoms with Crippen LogP contribution < -0.4 is 14.8 Å². The zero-order chi connectivity index (χ0) is 23.2. The number of anilines is 1. The molecule has 8 heteroatoms. The van der Waals surface area contributed by atoms with E-state index in [2.05, 4.69) is 39.3 Å². The summed E-state index contributed by atoms with van der Waals surface area (Å²) in [6.07, 6.45) is 7.76. The predicted octanol–water partition coefficient (Wildman–Crippen LogP) is 4.94. The number of amides is 2. The number of nitrogens with one attached hydrogen (secondary N) is 1. The molecule has 8 nitrogen and oxygen atoms in total. The van der Waals surface area contributed by atoms with Gasteiger partial charge in [-0.2, -0.15) is 4.98 Å². The summed E-state index contributed by atoms with van der Waals surface area (Å²) in [5, 5.41) is 2.80. The van der Waals surface area contributed by atoms with Crippen molar-refractivity contribution < 1.29 is 14.3 Å². The average Bonchev–Trinajstić information content (AvgIpc) is 2.82. The molecule has 0 bridgehead atoms. The monoisotopic (exact) mass is 445 g/mol. The Bertz CT molecular complexity index is 1150. The number of nitrogens with zero attached hydrogens (tertiary/aromatic N) is 4. The number of piperidine rings is 1. The highest BCUT2D eigenvalue weighted by Crippen LogP contribution is 2.27. The van der Waals surface area contributed by atoms with E-state index in [1.54, 1.807) is 11.1 Å². The van der Waals surface area contributed by atoms with E-state index in [0.29, 0.717) is 30.7 Å². The summed E-state index contributed by atoms with van der Waals surface area (Å²) in [5.74, 6) is 2.26. The van der Waals surface area contributed by atoms with E-state index in [4.69, 9.17) is 9.47 Å². The highest BCUT2D eigenvalue weighted by atomic mass is 16.5. The van der Waals surface area contributed by atoms with Crippen molar-refractivity contribution in [1.29, 1.82) is 0 Å². The topological polar surface area (TPSA) is 89.5 Å². The normalized spacial score (nSPS) is 17.0. The third-order valence-corrected chi connectivity index (χ3v) is 5.46. The first kappa shape index (κ1) is 22.3. The molecule has 1 unspecified atom stereocenters. The molecule has 4 rings (SSSR count).